The SMILES string of the molecule is CC(c1ccccc1)c1cccc2c1oc1c[c-]c(-c3cc(-c4ccccc4)ccn3)cc12.[Ir].[c-]1ccc(-c2ccccc2)cc1-c1ccccn1. The molecule has 0 aliphatic carbocycles. The van der Waals surface area contributed by atoms with E-state index in [-0.39, 0.29) is 26.0 Å². The van der Waals surface area contributed by atoms with Crippen LogP contribution in [-0.4, -0.2) is 9.97 Å². The normalized spacial score (nSPS) is 11.3. The molecule has 3 nitrogen and oxygen atoms in total. The molecule has 0 bridgehead atoms. The minimum atomic E-state index is 0. The van der Waals surface area contributed by atoms with E-state index >= 15 is 0 Å². The zero-order chi connectivity index (χ0) is 34.4. The summed E-state index contributed by atoms with van der Waals surface area (Å²) in [5.41, 5.74) is 12.8. The van der Waals surface area contributed by atoms with Crippen LogP contribution in [0.4, 0.5) is 0 Å². The van der Waals surface area contributed by atoms with E-state index in [0.29, 0.717) is 0 Å². The minimum Gasteiger partial charge on any atom is -0.500 e. The molecule has 3 heterocycles. The molecule has 0 aliphatic rings. The maximum Gasteiger partial charge on any atom is 0.124 e. The van der Waals surface area contributed by atoms with Gasteiger partial charge in [0.1, 0.15) is 5.58 Å². The Hall–Kier alpha value is -5.93. The van der Waals surface area contributed by atoms with E-state index in [0.717, 1.165) is 50.0 Å². The smallest absolute Gasteiger partial charge is 0.124 e. The van der Waals surface area contributed by atoms with Crippen molar-refractivity contribution in [3.63, 3.8) is 0 Å². The second-order valence-electron chi connectivity index (χ2n) is 12.5. The third-order valence-electron chi connectivity index (χ3n) is 9.22. The molecule has 0 N–H and O–H groups in total. The van der Waals surface area contributed by atoms with E-state index < -0.39 is 0 Å². The first-order chi connectivity index (χ1) is 25.2. The molecule has 0 spiro atoms. The Morgan fingerprint density at radius 2 is 1.17 bits per heavy atom. The minimum absolute atomic E-state index is 0. The maximum atomic E-state index is 6.36. The molecule has 9 rings (SSSR count). The molecule has 4 heteroatoms. The molecule has 0 saturated carbocycles. The van der Waals surface area contributed by atoms with Crippen LogP contribution in [0.3, 0.4) is 0 Å². The largest absolute Gasteiger partial charge is 0.500 e. The summed E-state index contributed by atoms with van der Waals surface area (Å²) >= 11 is 0. The molecule has 1 atom stereocenters. The molecule has 1 radical (unpaired) electrons. The standard InChI is InChI=1S/C31H22NO.C17H12N.Ir/c1-21(22-9-4-2-5-10-22)26-13-8-14-27-28-19-25(15-16-30(28)33-31(26)27)29-20-24(17-18-32-29)23-11-6-3-7-12-23;1-2-7-14(8-3-1)15-9-6-10-16(13-15)17-11-4-5-12-18-17;/h2-14,16-21H,1H3;1-9,11-13H;/q2*-1;. The van der Waals surface area contributed by atoms with Gasteiger partial charge in [0.15, 0.2) is 0 Å². The Labute approximate surface area is 318 Å². The van der Waals surface area contributed by atoms with Crippen molar-refractivity contribution in [2.45, 2.75) is 12.8 Å². The molecular formula is C48H34IrN2O-2. The van der Waals surface area contributed by atoms with Gasteiger partial charge in [0.25, 0.3) is 0 Å². The van der Waals surface area contributed by atoms with Crippen LogP contribution in [0.25, 0.3) is 66.7 Å². The first-order valence-corrected chi connectivity index (χ1v) is 17.1. The Kier molecular flexibility index (Phi) is 10.6. The molecule has 253 valence electrons. The summed E-state index contributed by atoms with van der Waals surface area (Å²) in [4.78, 5) is 8.98. The molecule has 3 aromatic heterocycles. The molecule has 6 aromatic carbocycles. The Morgan fingerprint density at radius 3 is 1.88 bits per heavy atom. The predicted octanol–water partition coefficient (Wildman–Crippen LogP) is 12.5. The predicted molar refractivity (Wildman–Crippen MR) is 209 cm³/mol. The summed E-state index contributed by atoms with van der Waals surface area (Å²) in [7, 11) is 0. The van der Waals surface area contributed by atoms with Gasteiger partial charge in [-0.2, -0.15) is 0 Å². The average molecular weight is 847 g/mol. The summed E-state index contributed by atoms with van der Waals surface area (Å²) < 4.78 is 6.36. The third kappa shape index (κ3) is 7.40. The number of rotatable bonds is 6. The van der Waals surface area contributed by atoms with E-state index in [4.69, 9.17) is 4.42 Å². The van der Waals surface area contributed by atoms with Crippen molar-refractivity contribution in [2.75, 3.05) is 0 Å². The fraction of sp³-hybridized carbons (Fsp3) is 0.0417. The van der Waals surface area contributed by atoms with Gasteiger partial charge in [-0.05, 0) is 45.8 Å². The van der Waals surface area contributed by atoms with Crippen molar-refractivity contribution in [1.29, 1.82) is 0 Å². The van der Waals surface area contributed by atoms with Crippen LogP contribution in [0.1, 0.15) is 24.0 Å². The van der Waals surface area contributed by atoms with Gasteiger partial charge in [0.2, 0.25) is 0 Å². The van der Waals surface area contributed by atoms with Gasteiger partial charge in [-0.25, -0.2) is 0 Å². The summed E-state index contributed by atoms with van der Waals surface area (Å²) in [6.07, 6.45) is 3.67. The van der Waals surface area contributed by atoms with Crippen LogP contribution in [0.15, 0.2) is 187 Å². The van der Waals surface area contributed by atoms with Gasteiger partial charge in [-0.15, -0.1) is 59.2 Å². The number of fused-ring (bicyclic) bond motifs is 3. The zero-order valence-corrected chi connectivity index (χ0v) is 30.9. The van der Waals surface area contributed by atoms with Gasteiger partial charge in [-0.1, -0.05) is 140 Å². The Bertz CT molecular complexity index is 2480. The van der Waals surface area contributed by atoms with Crippen molar-refractivity contribution in [3.05, 3.63) is 206 Å². The van der Waals surface area contributed by atoms with Crippen molar-refractivity contribution in [2.24, 2.45) is 0 Å². The second-order valence-corrected chi connectivity index (χ2v) is 12.5. The van der Waals surface area contributed by atoms with E-state index in [1.165, 1.54) is 27.8 Å². The molecule has 0 fully saturated rings. The summed E-state index contributed by atoms with van der Waals surface area (Å²) in [5, 5.41) is 2.22. The average Bonchev–Trinajstić information content (AvgIpc) is 3.61. The van der Waals surface area contributed by atoms with Crippen molar-refractivity contribution >= 4 is 21.9 Å². The van der Waals surface area contributed by atoms with Crippen LogP contribution in [-0.2, 0) is 20.1 Å². The number of para-hydroxylation sites is 1. The summed E-state index contributed by atoms with van der Waals surface area (Å²) in [5.74, 6) is 0.239. The van der Waals surface area contributed by atoms with Crippen LogP contribution >= 0.6 is 0 Å². The van der Waals surface area contributed by atoms with Gasteiger partial charge in [-0.3, -0.25) is 0 Å². The van der Waals surface area contributed by atoms with Crippen LogP contribution in [0.5, 0.6) is 0 Å². The van der Waals surface area contributed by atoms with Gasteiger partial charge >= 0.3 is 0 Å². The van der Waals surface area contributed by atoms with Crippen LogP contribution in [0, 0.1) is 12.1 Å². The van der Waals surface area contributed by atoms with Gasteiger partial charge < -0.3 is 14.4 Å². The van der Waals surface area contributed by atoms with Crippen molar-refractivity contribution in [1.82, 2.24) is 9.97 Å². The van der Waals surface area contributed by atoms with Gasteiger partial charge in [0.05, 0.1) is 5.58 Å². The fourth-order valence-corrected chi connectivity index (χ4v) is 6.51. The Balaban J connectivity index is 0.000000188. The number of furan rings is 1. The third-order valence-corrected chi connectivity index (χ3v) is 9.22. The zero-order valence-electron chi connectivity index (χ0n) is 28.5. The summed E-state index contributed by atoms with van der Waals surface area (Å²) in [6.45, 7) is 2.23. The van der Waals surface area contributed by atoms with Crippen molar-refractivity contribution in [3.8, 4) is 44.8 Å². The number of hydrogen-bond donors (Lipinski definition) is 0. The monoisotopic (exact) mass is 847 g/mol. The van der Waals surface area contributed by atoms with E-state index in [2.05, 4.69) is 138 Å². The summed E-state index contributed by atoms with van der Waals surface area (Å²) in [6, 6.07) is 64.6. The molecule has 9 aromatic rings. The van der Waals surface area contributed by atoms with Crippen LogP contribution < -0.4 is 0 Å². The topological polar surface area (TPSA) is 38.9 Å². The fourth-order valence-electron chi connectivity index (χ4n) is 6.51. The molecule has 1 unspecified atom stereocenters. The van der Waals surface area contributed by atoms with Crippen LogP contribution in [0.2, 0.25) is 0 Å². The first kappa shape index (κ1) is 34.5. The molecule has 0 aliphatic heterocycles. The van der Waals surface area contributed by atoms with E-state index in [1.54, 1.807) is 6.20 Å². The van der Waals surface area contributed by atoms with E-state index in [1.807, 2.05) is 66.9 Å². The molecular weight excluding hydrogens is 813 g/mol. The molecule has 52 heavy (non-hydrogen) atoms. The van der Waals surface area contributed by atoms with E-state index in [9.17, 15) is 0 Å². The first-order valence-electron chi connectivity index (χ1n) is 17.1. The number of aromatic nitrogens is 2. The number of pyridine rings is 2. The van der Waals surface area contributed by atoms with Crippen molar-refractivity contribution < 1.29 is 24.5 Å². The molecule has 0 saturated heterocycles. The Morgan fingerprint density at radius 1 is 0.519 bits per heavy atom. The number of benzene rings is 6. The quantitative estimate of drug-likeness (QED) is 0.157. The number of nitrogens with zero attached hydrogens (tertiary/aromatic N) is 2. The second kappa shape index (κ2) is 16.0. The number of hydrogen-bond acceptors (Lipinski definition) is 3. The maximum absolute atomic E-state index is 6.36. The van der Waals surface area contributed by atoms with Gasteiger partial charge in [0, 0.05) is 49.4 Å². The molecule has 0 amide bonds.